The third-order valence-electron chi connectivity index (χ3n) is 3.50. The van der Waals surface area contributed by atoms with Crippen LogP contribution in [0, 0.1) is 6.92 Å². The number of morpholine rings is 1. The zero-order chi connectivity index (χ0) is 14.9. The first-order valence-electron chi connectivity index (χ1n) is 6.61. The summed E-state index contributed by atoms with van der Waals surface area (Å²) < 4.78 is 30.1. The number of rotatable bonds is 4. The summed E-state index contributed by atoms with van der Waals surface area (Å²) in [5.74, 6) is 0.620. The smallest absolute Gasteiger partial charge is 0.280 e. The normalized spacial score (nSPS) is 21.6. The van der Waals surface area contributed by atoms with Gasteiger partial charge in [-0.1, -0.05) is 0 Å². The number of aromatic nitrogens is 2. The Labute approximate surface area is 124 Å². The first-order chi connectivity index (χ1) is 9.27. The maximum absolute atomic E-state index is 11.3. The van der Waals surface area contributed by atoms with Gasteiger partial charge in [0.15, 0.2) is 5.03 Å². The van der Waals surface area contributed by atoms with E-state index in [1.165, 1.54) is 6.20 Å². The second-order valence-electron chi connectivity index (χ2n) is 5.30. The maximum Gasteiger partial charge on any atom is 0.280 e. The van der Waals surface area contributed by atoms with E-state index in [1.54, 1.807) is 11.5 Å². The summed E-state index contributed by atoms with van der Waals surface area (Å²) in [5, 5.41) is -0.104. The monoisotopic (exact) mass is 321 g/mol. The van der Waals surface area contributed by atoms with Crippen LogP contribution in [-0.2, 0) is 20.3 Å². The number of halogens is 1. The van der Waals surface area contributed by atoms with Crippen molar-refractivity contribution in [3.8, 4) is 0 Å². The molecule has 1 saturated heterocycles. The number of nitrogens with zero attached hydrogens (tertiary/aromatic N) is 3. The Balaban J connectivity index is 2.08. The van der Waals surface area contributed by atoms with Crippen LogP contribution in [0.25, 0.3) is 0 Å². The molecule has 0 saturated carbocycles. The largest absolute Gasteiger partial charge is 0.374 e. The van der Waals surface area contributed by atoms with Gasteiger partial charge in [-0.2, -0.15) is 0 Å². The first-order valence-corrected chi connectivity index (χ1v) is 8.92. The van der Waals surface area contributed by atoms with Crippen LogP contribution < -0.4 is 0 Å². The average Bonchev–Trinajstić information content (AvgIpc) is 2.71. The number of hydrogen-bond donors (Lipinski definition) is 0. The molecule has 8 heteroatoms. The summed E-state index contributed by atoms with van der Waals surface area (Å²) in [6.45, 7) is 9.10. The second-order valence-corrected chi connectivity index (χ2v) is 7.81. The maximum atomic E-state index is 11.3. The van der Waals surface area contributed by atoms with Gasteiger partial charge < -0.3 is 9.30 Å². The molecule has 2 rings (SSSR count). The molecule has 1 unspecified atom stereocenters. The molecule has 1 fully saturated rings. The van der Waals surface area contributed by atoms with Crippen molar-refractivity contribution in [1.82, 2.24) is 14.5 Å². The zero-order valence-electron chi connectivity index (χ0n) is 11.9. The highest BCUT2D eigenvalue weighted by Crippen LogP contribution is 2.16. The fourth-order valence-corrected chi connectivity index (χ4v) is 3.04. The van der Waals surface area contributed by atoms with Crippen molar-refractivity contribution in [2.24, 2.45) is 0 Å². The lowest BCUT2D eigenvalue weighted by Crippen LogP contribution is -2.47. The SMILES string of the molecule is Cc1nc(S(=O)(=O)Cl)cn1CC1CN(C(C)C)CCO1. The fraction of sp³-hybridized carbons (Fsp3) is 0.750. The topological polar surface area (TPSA) is 64.4 Å². The highest BCUT2D eigenvalue weighted by atomic mass is 35.7. The van der Waals surface area contributed by atoms with E-state index in [2.05, 4.69) is 23.7 Å². The third-order valence-corrected chi connectivity index (χ3v) is 4.68. The molecular weight excluding hydrogens is 302 g/mol. The molecule has 6 nitrogen and oxygen atoms in total. The van der Waals surface area contributed by atoms with Gasteiger partial charge in [0, 0.05) is 36.0 Å². The molecule has 20 heavy (non-hydrogen) atoms. The van der Waals surface area contributed by atoms with Crippen LogP contribution in [0.2, 0.25) is 0 Å². The van der Waals surface area contributed by atoms with Crippen LogP contribution >= 0.6 is 10.7 Å². The van der Waals surface area contributed by atoms with E-state index in [-0.39, 0.29) is 11.1 Å². The van der Waals surface area contributed by atoms with Gasteiger partial charge >= 0.3 is 0 Å². The van der Waals surface area contributed by atoms with Crippen LogP contribution in [-0.4, -0.2) is 54.7 Å². The Morgan fingerprint density at radius 2 is 2.25 bits per heavy atom. The summed E-state index contributed by atoms with van der Waals surface area (Å²) in [7, 11) is 1.53. The highest BCUT2D eigenvalue weighted by Gasteiger charge is 2.24. The van der Waals surface area contributed by atoms with Crippen LogP contribution in [0.1, 0.15) is 19.7 Å². The molecule has 0 N–H and O–H groups in total. The molecule has 2 heterocycles. The van der Waals surface area contributed by atoms with Crippen LogP contribution in [0.5, 0.6) is 0 Å². The number of aryl methyl sites for hydroxylation is 1. The number of ether oxygens (including phenoxy) is 1. The molecule has 1 aliphatic heterocycles. The summed E-state index contributed by atoms with van der Waals surface area (Å²) in [6.07, 6.45) is 1.50. The van der Waals surface area contributed by atoms with Crippen molar-refractivity contribution in [2.45, 2.75) is 44.5 Å². The van der Waals surface area contributed by atoms with E-state index < -0.39 is 9.05 Å². The molecule has 0 spiro atoms. The minimum Gasteiger partial charge on any atom is -0.374 e. The summed E-state index contributed by atoms with van der Waals surface area (Å²) in [4.78, 5) is 6.32. The van der Waals surface area contributed by atoms with Crippen LogP contribution in [0.4, 0.5) is 0 Å². The lowest BCUT2D eigenvalue weighted by atomic mass is 10.2. The first kappa shape index (κ1) is 15.8. The summed E-state index contributed by atoms with van der Waals surface area (Å²) in [5.41, 5.74) is 0. The van der Waals surface area contributed by atoms with Crippen molar-refractivity contribution in [1.29, 1.82) is 0 Å². The predicted octanol–water partition coefficient (Wildman–Crippen LogP) is 1.23. The Kier molecular flexibility index (Phi) is 4.73. The molecule has 1 aliphatic rings. The Morgan fingerprint density at radius 3 is 2.80 bits per heavy atom. The summed E-state index contributed by atoms with van der Waals surface area (Å²) >= 11 is 0. The molecular formula is C12H20ClN3O3S. The van der Waals surface area contributed by atoms with Gasteiger partial charge in [0.1, 0.15) is 5.82 Å². The molecule has 0 amide bonds. The zero-order valence-corrected chi connectivity index (χ0v) is 13.5. The van der Waals surface area contributed by atoms with Gasteiger partial charge in [0.2, 0.25) is 0 Å². The molecule has 0 aliphatic carbocycles. The van der Waals surface area contributed by atoms with Crippen molar-refractivity contribution >= 4 is 19.7 Å². The predicted molar refractivity (Wildman–Crippen MR) is 76.5 cm³/mol. The molecule has 0 radical (unpaired) electrons. The lowest BCUT2D eigenvalue weighted by Gasteiger charge is -2.35. The molecule has 1 aromatic rings. The van der Waals surface area contributed by atoms with Crippen LogP contribution in [0.15, 0.2) is 11.2 Å². The highest BCUT2D eigenvalue weighted by molar-refractivity contribution is 8.13. The Bertz CT molecular complexity index is 571. The van der Waals surface area contributed by atoms with Crippen molar-refractivity contribution in [3.63, 3.8) is 0 Å². The van der Waals surface area contributed by atoms with Crippen LogP contribution in [0.3, 0.4) is 0 Å². The molecule has 114 valence electrons. The van der Waals surface area contributed by atoms with E-state index in [9.17, 15) is 8.42 Å². The minimum atomic E-state index is -3.78. The van der Waals surface area contributed by atoms with Crippen molar-refractivity contribution < 1.29 is 13.2 Å². The molecule has 0 aromatic carbocycles. The van der Waals surface area contributed by atoms with Crippen molar-refractivity contribution in [3.05, 3.63) is 12.0 Å². The van der Waals surface area contributed by atoms with E-state index in [1.807, 2.05) is 0 Å². The van der Waals surface area contributed by atoms with E-state index in [4.69, 9.17) is 15.4 Å². The third kappa shape index (κ3) is 3.72. The molecule has 1 aromatic heterocycles. The van der Waals surface area contributed by atoms with Gasteiger partial charge in [-0.15, -0.1) is 0 Å². The fourth-order valence-electron chi connectivity index (χ4n) is 2.32. The quantitative estimate of drug-likeness (QED) is 0.780. The van der Waals surface area contributed by atoms with Gasteiger partial charge in [-0.3, -0.25) is 4.90 Å². The van der Waals surface area contributed by atoms with E-state index >= 15 is 0 Å². The van der Waals surface area contributed by atoms with Gasteiger partial charge in [-0.25, -0.2) is 13.4 Å². The minimum absolute atomic E-state index is 0.0323. The van der Waals surface area contributed by atoms with Gasteiger partial charge in [0.25, 0.3) is 9.05 Å². The number of imidazole rings is 1. The standard InChI is InChI=1S/C12H20ClN3O3S/c1-9(2)15-4-5-19-11(6-15)7-16-8-12(14-10(16)3)20(13,17)18/h8-9,11H,4-7H2,1-3H3. The average molecular weight is 322 g/mol. The summed E-state index contributed by atoms with van der Waals surface area (Å²) in [6, 6.07) is 0.476. The van der Waals surface area contributed by atoms with E-state index in [0.29, 0.717) is 25.0 Å². The van der Waals surface area contributed by atoms with Gasteiger partial charge in [0.05, 0.1) is 19.3 Å². The Hall–Kier alpha value is -0.630. The lowest BCUT2D eigenvalue weighted by molar-refractivity contribution is -0.0458. The molecule has 0 bridgehead atoms. The second kappa shape index (κ2) is 6.01. The Morgan fingerprint density at radius 1 is 1.55 bits per heavy atom. The number of hydrogen-bond acceptors (Lipinski definition) is 5. The van der Waals surface area contributed by atoms with Gasteiger partial charge in [-0.05, 0) is 20.8 Å². The molecule has 1 atom stereocenters. The van der Waals surface area contributed by atoms with E-state index in [0.717, 1.165) is 13.1 Å². The van der Waals surface area contributed by atoms with Crippen molar-refractivity contribution in [2.75, 3.05) is 19.7 Å².